The topological polar surface area (TPSA) is 64.3 Å². The van der Waals surface area contributed by atoms with Crippen molar-refractivity contribution in [3.63, 3.8) is 0 Å². The molecule has 2 heterocycles. The van der Waals surface area contributed by atoms with E-state index in [-0.39, 0.29) is 12.2 Å². The highest BCUT2D eigenvalue weighted by Crippen LogP contribution is 2.34. The lowest BCUT2D eigenvalue weighted by Crippen LogP contribution is -2.36. The van der Waals surface area contributed by atoms with Gasteiger partial charge in [-0.25, -0.2) is 4.98 Å². The van der Waals surface area contributed by atoms with Gasteiger partial charge in [0.05, 0.1) is 23.5 Å². The van der Waals surface area contributed by atoms with Crippen molar-refractivity contribution in [2.45, 2.75) is 39.4 Å². The Bertz CT molecular complexity index is 865. The van der Waals surface area contributed by atoms with Crippen molar-refractivity contribution in [2.24, 2.45) is 0 Å². The van der Waals surface area contributed by atoms with E-state index in [9.17, 15) is 18.0 Å². The number of carbonyl (C=O) groups is 1. The summed E-state index contributed by atoms with van der Waals surface area (Å²) in [4.78, 5) is 24.6. The number of imidazole rings is 1. The summed E-state index contributed by atoms with van der Waals surface area (Å²) in [7, 11) is 0. The summed E-state index contributed by atoms with van der Waals surface area (Å²) in [5.74, 6) is 0.547. The van der Waals surface area contributed by atoms with Crippen LogP contribution in [0.3, 0.4) is 0 Å². The van der Waals surface area contributed by atoms with Crippen LogP contribution in [0.15, 0.2) is 24.3 Å². The number of aryl methyl sites for hydroxylation is 2. The van der Waals surface area contributed by atoms with Crippen molar-refractivity contribution in [2.75, 3.05) is 38.0 Å². The lowest BCUT2D eigenvalue weighted by atomic mass is 10.1. The van der Waals surface area contributed by atoms with Crippen LogP contribution in [0.1, 0.15) is 36.1 Å². The van der Waals surface area contributed by atoms with Gasteiger partial charge in [-0.2, -0.15) is 13.2 Å². The fraction of sp³-hybridized carbons (Fsp3) is 0.524. The van der Waals surface area contributed by atoms with E-state index in [1.807, 2.05) is 11.8 Å². The maximum atomic E-state index is 13.1. The van der Waals surface area contributed by atoms with Crippen LogP contribution in [0.5, 0.6) is 0 Å². The zero-order valence-corrected chi connectivity index (χ0v) is 17.4. The molecule has 0 bridgehead atoms. The number of halogens is 3. The molecule has 0 radical (unpaired) electrons. The number of aromatic nitrogens is 2. The number of hydrogen-bond acceptors (Lipinski definition) is 4. The lowest BCUT2D eigenvalue weighted by molar-refractivity contribution is -0.137. The summed E-state index contributed by atoms with van der Waals surface area (Å²) < 4.78 is 39.3. The van der Waals surface area contributed by atoms with E-state index in [1.54, 1.807) is 0 Å². The zero-order valence-electron chi connectivity index (χ0n) is 17.4. The van der Waals surface area contributed by atoms with Gasteiger partial charge in [0.2, 0.25) is 5.91 Å². The van der Waals surface area contributed by atoms with Crippen LogP contribution in [0.2, 0.25) is 0 Å². The standard InChI is InChI=1S/C21H28F3N5O/c1-3-19-25-15(2)18(26-19)13-28-9-6-10-29(12-11-28)14-20(30)27-17-8-5-4-7-16(17)21(22,23)24/h4-5,7-8H,3,6,9-14H2,1-2H3,(H,25,26)(H,27,30). The summed E-state index contributed by atoms with van der Waals surface area (Å²) in [6, 6.07) is 5.05. The highest BCUT2D eigenvalue weighted by atomic mass is 19.4. The van der Waals surface area contributed by atoms with Gasteiger partial charge >= 0.3 is 6.18 Å². The molecular weight excluding hydrogens is 395 g/mol. The number of nitrogens with zero attached hydrogens (tertiary/aromatic N) is 3. The fourth-order valence-electron chi connectivity index (χ4n) is 3.67. The van der Waals surface area contributed by atoms with Gasteiger partial charge in [0.15, 0.2) is 0 Å². The van der Waals surface area contributed by atoms with Crippen LogP contribution in [0, 0.1) is 6.92 Å². The van der Waals surface area contributed by atoms with Crippen molar-refractivity contribution in [1.29, 1.82) is 0 Å². The SMILES string of the molecule is CCc1nc(CN2CCCN(CC(=O)Nc3ccccc3C(F)(F)F)CC2)c(C)[nH]1. The Morgan fingerprint density at radius 3 is 2.57 bits per heavy atom. The Labute approximate surface area is 174 Å². The van der Waals surface area contributed by atoms with E-state index >= 15 is 0 Å². The first kappa shape index (κ1) is 22.3. The zero-order chi connectivity index (χ0) is 21.7. The number of H-pyrrole nitrogens is 1. The number of benzene rings is 1. The quantitative estimate of drug-likeness (QED) is 0.747. The number of para-hydroxylation sites is 1. The molecule has 2 N–H and O–H groups in total. The minimum atomic E-state index is -4.50. The maximum Gasteiger partial charge on any atom is 0.418 e. The Morgan fingerprint density at radius 1 is 1.17 bits per heavy atom. The first-order valence-corrected chi connectivity index (χ1v) is 10.2. The van der Waals surface area contributed by atoms with Crippen LogP contribution in [-0.4, -0.2) is 58.4 Å². The molecule has 1 aromatic carbocycles. The first-order valence-electron chi connectivity index (χ1n) is 10.2. The molecule has 1 saturated heterocycles. The fourth-order valence-corrected chi connectivity index (χ4v) is 3.67. The minimum Gasteiger partial charge on any atom is -0.346 e. The number of amides is 1. The van der Waals surface area contributed by atoms with E-state index in [0.29, 0.717) is 6.54 Å². The number of alkyl halides is 3. The third-order valence-electron chi connectivity index (χ3n) is 5.30. The van der Waals surface area contributed by atoms with Gasteiger partial charge in [-0.15, -0.1) is 0 Å². The number of nitrogens with one attached hydrogen (secondary N) is 2. The molecule has 1 fully saturated rings. The molecule has 164 valence electrons. The highest BCUT2D eigenvalue weighted by molar-refractivity contribution is 5.93. The summed E-state index contributed by atoms with van der Waals surface area (Å²) in [6.07, 6.45) is -2.76. The second-order valence-electron chi connectivity index (χ2n) is 7.61. The van der Waals surface area contributed by atoms with Crippen molar-refractivity contribution in [3.05, 3.63) is 47.0 Å². The third-order valence-corrected chi connectivity index (χ3v) is 5.30. The molecular formula is C21H28F3N5O. The van der Waals surface area contributed by atoms with Crippen LogP contribution in [0.4, 0.5) is 18.9 Å². The van der Waals surface area contributed by atoms with E-state index in [0.717, 1.165) is 62.3 Å². The molecule has 0 unspecified atom stereocenters. The van der Waals surface area contributed by atoms with Gasteiger partial charge in [-0.1, -0.05) is 19.1 Å². The summed E-state index contributed by atoms with van der Waals surface area (Å²) in [5, 5.41) is 2.42. The Hall–Kier alpha value is -2.39. The maximum absolute atomic E-state index is 13.1. The molecule has 9 heteroatoms. The van der Waals surface area contributed by atoms with Gasteiger partial charge < -0.3 is 10.3 Å². The molecule has 6 nitrogen and oxygen atoms in total. The van der Waals surface area contributed by atoms with E-state index in [1.165, 1.54) is 18.2 Å². The first-order chi connectivity index (χ1) is 14.3. The Morgan fingerprint density at radius 2 is 1.87 bits per heavy atom. The van der Waals surface area contributed by atoms with Crippen molar-refractivity contribution < 1.29 is 18.0 Å². The molecule has 1 aliphatic rings. The average molecular weight is 423 g/mol. The lowest BCUT2D eigenvalue weighted by Gasteiger charge is -2.21. The third kappa shape index (κ3) is 5.82. The van der Waals surface area contributed by atoms with Crippen LogP contribution in [-0.2, 0) is 23.9 Å². The predicted molar refractivity (Wildman–Crippen MR) is 109 cm³/mol. The molecule has 2 aromatic rings. The summed E-state index contributed by atoms with van der Waals surface area (Å²) >= 11 is 0. The number of aromatic amines is 1. The molecule has 1 amide bonds. The van der Waals surface area contributed by atoms with Gasteiger partial charge in [0, 0.05) is 31.7 Å². The van der Waals surface area contributed by atoms with Crippen LogP contribution >= 0.6 is 0 Å². The van der Waals surface area contributed by atoms with E-state index < -0.39 is 17.6 Å². The predicted octanol–water partition coefficient (Wildman–Crippen LogP) is 3.45. The van der Waals surface area contributed by atoms with E-state index in [2.05, 4.69) is 27.1 Å². The molecule has 3 rings (SSSR count). The molecule has 0 atom stereocenters. The smallest absolute Gasteiger partial charge is 0.346 e. The monoisotopic (exact) mass is 423 g/mol. The highest BCUT2D eigenvalue weighted by Gasteiger charge is 2.33. The number of carbonyl (C=O) groups excluding carboxylic acids is 1. The molecule has 30 heavy (non-hydrogen) atoms. The van der Waals surface area contributed by atoms with Gasteiger partial charge in [-0.05, 0) is 38.6 Å². The second kappa shape index (κ2) is 9.61. The molecule has 0 aliphatic carbocycles. The van der Waals surface area contributed by atoms with E-state index in [4.69, 9.17) is 0 Å². The number of hydrogen-bond donors (Lipinski definition) is 2. The largest absolute Gasteiger partial charge is 0.418 e. The van der Waals surface area contributed by atoms with Crippen LogP contribution in [0.25, 0.3) is 0 Å². The summed E-state index contributed by atoms with van der Waals surface area (Å²) in [5.41, 5.74) is 1.09. The van der Waals surface area contributed by atoms with Crippen molar-refractivity contribution >= 4 is 11.6 Å². The Balaban J connectivity index is 1.54. The normalized spacial score (nSPS) is 16.4. The minimum absolute atomic E-state index is 0.0709. The summed E-state index contributed by atoms with van der Waals surface area (Å²) in [6.45, 7) is 7.98. The van der Waals surface area contributed by atoms with Gasteiger partial charge in [-0.3, -0.25) is 14.6 Å². The molecule has 0 spiro atoms. The molecule has 1 aliphatic heterocycles. The van der Waals surface area contributed by atoms with Gasteiger partial charge in [0.1, 0.15) is 5.82 Å². The van der Waals surface area contributed by atoms with Crippen molar-refractivity contribution in [1.82, 2.24) is 19.8 Å². The second-order valence-corrected chi connectivity index (χ2v) is 7.61. The average Bonchev–Trinajstić information content (AvgIpc) is 2.89. The molecule has 0 saturated carbocycles. The van der Waals surface area contributed by atoms with Gasteiger partial charge in [0.25, 0.3) is 0 Å². The number of rotatable bonds is 6. The van der Waals surface area contributed by atoms with Crippen molar-refractivity contribution in [3.8, 4) is 0 Å². The molecule has 1 aromatic heterocycles. The Kier molecular flexibility index (Phi) is 7.14. The number of anilines is 1. The van der Waals surface area contributed by atoms with Crippen LogP contribution < -0.4 is 5.32 Å².